The fourth-order valence-corrected chi connectivity index (χ4v) is 2.90. The number of benzene rings is 2. The van der Waals surface area contributed by atoms with Crippen LogP contribution in [0.4, 0.5) is 4.39 Å². The largest absolute Gasteiger partial charge is 0.380 e. The molecule has 0 radical (unpaired) electrons. The number of rotatable bonds is 6. The molecule has 23 heavy (non-hydrogen) atoms. The number of halogens is 1. The molecule has 0 aliphatic heterocycles. The predicted molar refractivity (Wildman–Crippen MR) is 86.2 cm³/mol. The van der Waals surface area contributed by atoms with Crippen LogP contribution in [-0.4, -0.2) is 13.0 Å². The van der Waals surface area contributed by atoms with Crippen LogP contribution in [0, 0.1) is 11.7 Å². The molecule has 0 bridgehead atoms. The number of amides is 1. The zero-order chi connectivity index (χ0) is 16.2. The maximum absolute atomic E-state index is 12.9. The van der Waals surface area contributed by atoms with Crippen LogP contribution in [0.5, 0.6) is 0 Å². The van der Waals surface area contributed by atoms with Gasteiger partial charge in [0.25, 0.3) is 0 Å². The molecule has 1 fully saturated rings. The molecule has 2 atom stereocenters. The average molecular weight is 313 g/mol. The summed E-state index contributed by atoms with van der Waals surface area (Å²) >= 11 is 0. The number of carbonyl (C=O) groups is 1. The summed E-state index contributed by atoms with van der Waals surface area (Å²) in [5.74, 6) is 0.0246. The van der Waals surface area contributed by atoms with Gasteiger partial charge in [0.1, 0.15) is 5.82 Å². The highest BCUT2D eigenvalue weighted by molar-refractivity contribution is 5.82. The van der Waals surface area contributed by atoms with Crippen molar-refractivity contribution in [3.63, 3.8) is 0 Å². The van der Waals surface area contributed by atoms with Crippen molar-refractivity contribution >= 4 is 5.91 Å². The van der Waals surface area contributed by atoms with Crippen LogP contribution in [-0.2, 0) is 22.7 Å². The van der Waals surface area contributed by atoms with E-state index in [0.717, 1.165) is 23.1 Å². The van der Waals surface area contributed by atoms with Crippen LogP contribution in [0.3, 0.4) is 0 Å². The lowest BCUT2D eigenvalue weighted by atomic mass is 10.1. The third-order valence-corrected chi connectivity index (χ3v) is 4.30. The number of ether oxygens (including phenoxy) is 1. The Bertz CT molecular complexity index is 684. The number of hydrogen-bond donors (Lipinski definition) is 1. The van der Waals surface area contributed by atoms with E-state index >= 15 is 0 Å². The van der Waals surface area contributed by atoms with Gasteiger partial charge < -0.3 is 10.1 Å². The molecule has 0 saturated heterocycles. The first-order valence-corrected chi connectivity index (χ1v) is 7.78. The van der Waals surface area contributed by atoms with E-state index < -0.39 is 0 Å². The van der Waals surface area contributed by atoms with Crippen LogP contribution < -0.4 is 5.32 Å². The van der Waals surface area contributed by atoms with Gasteiger partial charge >= 0.3 is 0 Å². The molecule has 1 N–H and O–H groups in total. The Labute approximate surface area is 135 Å². The molecule has 0 unspecified atom stereocenters. The van der Waals surface area contributed by atoms with Crippen LogP contribution in [0.15, 0.2) is 48.5 Å². The summed E-state index contributed by atoms with van der Waals surface area (Å²) in [5.41, 5.74) is 3.19. The predicted octanol–water partition coefficient (Wildman–Crippen LogP) is 3.39. The van der Waals surface area contributed by atoms with E-state index in [-0.39, 0.29) is 23.6 Å². The molecule has 0 spiro atoms. The van der Waals surface area contributed by atoms with E-state index in [0.29, 0.717) is 13.2 Å². The molecule has 2 aromatic carbocycles. The summed E-state index contributed by atoms with van der Waals surface area (Å²) in [7, 11) is 1.66. The molecule has 3 rings (SSSR count). The van der Waals surface area contributed by atoms with Crippen molar-refractivity contribution in [1.82, 2.24) is 5.32 Å². The number of hydrogen-bond acceptors (Lipinski definition) is 2. The smallest absolute Gasteiger partial charge is 0.224 e. The number of methoxy groups -OCH3 is 1. The molecular weight excluding hydrogens is 293 g/mol. The van der Waals surface area contributed by atoms with Crippen molar-refractivity contribution in [2.75, 3.05) is 7.11 Å². The van der Waals surface area contributed by atoms with E-state index in [4.69, 9.17) is 4.74 Å². The van der Waals surface area contributed by atoms with E-state index in [9.17, 15) is 9.18 Å². The van der Waals surface area contributed by atoms with Crippen LogP contribution in [0.1, 0.15) is 29.0 Å². The van der Waals surface area contributed by atoms with E-state index in [1.54, 1.807) is 19.2 Å². The molecule has 0 aromatic heterocycles. The molecule has 120 valence electrons. The van der Waals surface area contributed by atoms with Gasteiger partial charge in [0, 0.05) is 19.6 Å². The average Bonchev–Trinajstić information content (AvgIpc) is 3.35. The van der Waals surface area contributed by atoms with Crippen LogP contribution >= 0.6 is 0 Å². The van der Waals surface area contributed by atoms with Crippen molar-refractivity contribution < 1.29 is 13.9 Å². The monoisotopic (exact) mass is 313 g/mol. The SMILES string of the molecule is COCc1ccccc1CNC(=O)[C@H]1C[C@H]1c1ccc(F)cc1. The Morgan fingerprint density at radius 3 is 2.57 bits per heavy atom. The lowest BCUT2D eigenvalue weighted by Gasteiger charge is -2.10. The molecular formula is C19H20FNO2. The molecule has 1 aliphatic carbocycles. The highest BCUT2D eigenvalue weighted by atomic mass is 19.1. The lowest BCUT2D eigenvalue weighted by molar-refractivity contribution is -0.122. The van der Waals surface area contributed by atoms with Gasteiger partial charge in [-0.05, 0) is 41.2 Å². The summed E-state index contributed by atoms with van der Waals surface area (Å²) in [6.45, 7) is 1.04. The van der Waals surface area contributed by atoms with E-state index in [2.05, 4.69) is 5.32 Å². The van der Waals surface area contributed by atoms with Crippen molar-refractivity contribution in [3.05, 3.63) is 71.0 Å². The van der Waals surface area contributed by atoms with Gasteiger partial charge in [-0.3, -0.25) is 4.79 Å². The third-order valence-electron chi connectivity index (χ3n) is 4.30. The molecule has 0 heterocycles. The fraction of sp³-hybridized carbons (Fsp3) is 0.316. The van der Waals surface area contributed by atoms with Gasteiger partial charge in [0.2, 0.25) is 5.91 Å². The van der Waals surface area contributed by atoms with Crippen molar-refractivity contribution in [1.29, 1.82) is 0 Å². The Balaban J connectivity index is 1.56. The zero-order valence-corrected chi connectivity index (χ0v) is 13.1. The normalized spacial score (nSPS) is 19.4. The molecule has 3 nitrogen and oxygen atoms in total. The second-order valence-electron chi connectivity index (χ2n) is 5.92. The van der Waals surface area contributed by atoms with Gasteiger partial charge in [-0.15, -0.1) is 0 Å². The summed E-state index contributed by atoms with van der Waals surface area (Å²) in [4.78, 5) is 12.3. The summed E-state index contributed by atoms with van der Waals surface area (Å²) in [5, 5.41) is 3.00. The van der Waals surface area contributed by atoms with Gasteiger partial charge in [-0.1, -0.05) is 36.4 Å². The second-order valence-corrected chi connectivity index (χ2v) is 5.92. The molecule has 1 saturated carbocycles. The van der Waals surface area contributed by atoms with E-state index in [1.807, 2.05) is 24.3 Å². The topological polar surface area (TPSA) is 38.3 Å². The van der Waals surface area contributed by atoms with Crippen molar-refractivity contribution in [2.45, 2.75) is 25.5 Å². The minimum absolute atomic E-state index is 0.00458. The van der Waals surface area contributed by atoms with Crippen molar-refractivity contribution in [3.8, 4) is 0 Å². The molecule has 4 heteroatoms. The van der Waals surface area contributed by atoms with Crippen LogP contribution in [0.25, 0.3) is 0 Å². The van der Waals surface area contributed by atoms with Gasteiger partial charge in [-0.2, -0.15) is 0 Å². The number of carbonyl (C=O) groups excluding carboxylic acids is 1. The maximum atomic E-state index is 12.9. The Kier molecular flexibility index (Phi) is 4.72. The van der Waals surface area contributed by atoms with Crippen molar-refractivity contribution in [2.24, 2.45) is 5.92 Å². The Morgan fingerprint density at radius 1 is 1.17 bits per heavy atom. The molecule has 1 aliphatic rings. The lowest BCUT2D eigenvalue weighted by Crippen LogP contribution is -2.25. The second kappa shape index (κ2) is 6.92. The quantitative estimate of drug-likeness (QED) is 0.888. The minimum Gasteiger partial charge on any atom is -0.380 e. The Morgan fingerprint density at radius 2 is 1.87 bits per heavy atom. The van der Waals surface area contributed by atoms with Crippen LogP contribution in [0.2, 0.25) is 0 Å². The van der Waals surface area contributed by atoms with Gasteiger partial charge in [-0.25, -0.2) is 4.39 Å². The number of nitrogens with one attached hydrogen (secondary N) is 1. The Hall–Kier alpha value is -2.20. The summed E-state index contributed by atoms with van der Waals surface area (Å²) in [6, 6.07) is 14.3. The molecule has 1 amide bonds. The highest BCUT2D eigenvalue weighted by Gasteiger charge is 2.43. The maximum Gasteiger partial charge on any atom is 0.224 e. The van der Waals surface area contributed by atoms with Gasteiger partial charge in [0.05, 0.1) is 6.61 Å². The minimum atomic E-state index is -0.245. The first-order valence-electron chi connectivity index (χ1n) is 7.78. The first-order chi connectivity index (χ1) is 11.2. The highest BCUT2D eigenvalue weighted by Crippen LogP contribution is 2.47. The standard InChI is InChI=1S/C19H20FNO2/c1-23-12-15-5-3-2-4-14(15)11-21-19(22)18-10-17(18)13-6-8-16(20)9-7-13/h2-9,17-18H,10-12H2,1H3,(H,21,22)/t17-,18-/m0/s1. The zero-order valence-electron chi connectivity index (χ0n) is 13.1. The fourth-order valence-electron chi connectivity index (χ4n) is 2.90. The molecule has 2 aromatic rings. The van der Waals surface area contributed by atoms with E-state index in [1.165, 1.54) is 12.1 Å². The third kappa shape index (κ3) is 3.77. The van der Waals surface area contributed by atoms with Gasteiger partial charge in [0.15, 0.2) is 0 Å². The summed E-state index contributed by atoms with van der Waals surface area (Å²) in [6.07, 6.45) is 0.831. The summed E-state index contributed by atoms with van der Waals surface area (Å²) < 4.78 is 18.1. The first kappa shape index (κ1) is 15.7.